The van der Waals surface area contributed by atoms with Crippen LogP contribution in [-0.4, -0.2) is 72.4 Å². The molecule has 0 radical (unpaired) electrons. The van der Waals surface area contributed by atoms with Gasteiger partial charge in [-0.2, -0.15) is 13.2 Å². The van der Waals surface area contributed by atoms with Gasteiger partial charge in [0.2, 0.25) is 0 Å². The van der Waals surface area contributed by atoms with Gasteiger partial charge in [-0.3, -0.25) is 9.59 Å². The lowest BCUT2D eigenvalue weighted by Gasteiger charge is -2.52. The molecule has 1 aliphatic heterocycles. The largest absolute Gasteiger partial charge is 0.391 e. The van der Waals surface area contributed by atoms with Crippen LogP contribution in [0.25, 0.3) is 0 Å². The van der Waals surface area contributed by atoms with Crippen molar-refractivity contribution >= 4 is 21.7 Å². The predicted octanol–water partition coefficient (Wildman–Crippen LogP) is 2.77. The van der Waals surface area contributed by atoms with Crippen molar-refractivity contribution in [3.05, 3.63) is 0 Å². The van der Waals surface area contributed by atoms with Crippen molar-refractivity contribution in [2.45, 2.75) is 88.3 Å². The monoisotopic (exact) mass is 452 g/mol. The summed E-state index contributed by atoms with van der Waals surface area (Å²) in [6.45, 7) is 3.71. The third-order valence-corrected chi connectivity index (χ3v) is 8.67. The van der Waals surface area contributed by atoms with E-state index in [-0.39, 0.29) is 43.8 Å². The summed E-state index contributed by atoms with van der Waals surface area (Å²) < 4.78 is 64.0. The fourth-order valence-corrected chi connectivity index (χ4v) is 6.66. The van der Waals surface area contributed by atoms with Crippen molar-refractivity contribution in [1.29, 1.82) is 0 Å². The number of sulfone groups is 1. The molecule has 3 fully saturated rings. The van der Waals surface area contributed by atoms with Gasteiger partial charge in [0.15, 0.2) is 0 Å². The van der Waals surface area contributed by atoms with E-state index in [1.807, 2.05) is 13.8 Å². The van der Waals surface area contributed by atoms with Gasteiger partial charge >= 0.3 is 18.0 Å². The smallest absolute Gasteiger partial charge is 0.329 e. The molecule has 3 aliphatic rings. The molecule has 3 rings (SSSR count). The molecule has 2 aliphatic carbocycles. The van der Waals surface area contributed by atoms with E-state index in [0.29, 0.717) is 25.7 Å². The fourth-order valence-electron chi connectivity index (χ4n) is 5.54. The molecule has 2 amide bonds. The molecule has 172 valence electrons. The predicted molar refractivity (Wildman–Crippen MR) is 105 cm³/mol. The number of alkyl halides is 3. The Labute approximate surface area is 176 Å². The van der Waals surface area contributed by atoms with Gasteiger partial charge in [-0.15, -0.1) is 0 Å². The van der Waals surface area contributed by atoms with Crippen molar-refractivity contribution < 1.29 is 31.2 Å². The number of rotatable bonds is 4. The number of nitrogens with zero attached hydrogens (tertiary/aromatic N) is 2. The van der Waals surface area contributed by atoms with E-state index in [1.54, 1.807) is 4.90 Å². The van der Waals surface area contributed by atoms with E-state index in [0.717, 1.165) is 0 Å². The third-order valence-electron chi connectivity index (χ3n) is 7.03. The maximum Gasteiger partial charge on any atom is 0.391 e. The maximum atomic E-state index is 13.2. The minimum absolute atomic E-state index is 0.0533. The summed E-state index contributed by atoms with van der Waals surface area (Å²) in [4.78, 5) is 28.7. The highest BCUT2D eigenvalue weighted by Crippen LogP contribution is 2.42. The molecule has 0 aromatic rings. The molecule has 0 aromatic carbocycles. The lowest BCUT2D eigenvalue weighted by molar-refractivity contribution is -0.187. The summed E-state index contributed by atoms with van der Waals surface area (Å²) in [5, 5.41) is -0.606. The average Bonchev–Trinajstić information content (AvgIpc) is 2.63. The highest BCUT2D eigenvalue weighted by atomic mass is 32.2. The minimum Gasteiger partial charge on any atom is -0.329 e. The molecule has 5 atom stereocenters. The second-order valence-electron chi connectivity index (χ2n) is 9.43. The molecule has 0 bridgehead atoms. The Kier molecular flexibility index (Phi) is 6.47. The molecular formula is C20H31F3N2O4S. The number of carbonyl (C=O) groups excluding carboxylic acids is 2. The van der Waals surface area contributed by atoms with Crippen LogP contribution < -0.4 is 0 Å². The second kappa shape index (κ2) is 8.31. The number of fused-ring (bicyclic) bond motifs is 1. The number of amides is 2. The normalized spacial score (nSPS) is 33.8. The van der Waals surface area contributed by atoms with Gasteiger partial charge < -0.3 is 9.80 Å². The Bertz CT molecular complexity index is 783. The van der Waals surface area contributed by atoms with Gasteiger partial charge in [-0.1, -0.05) is 6.42 Å². The van der Waals surface area contributed by atoms with Gasteiger partial charge in [0.25, 0.3) is 0 Å². The van der Waals surface area contributed by atoms with Crippen molar-refractivity contribution in [2.24, 2.45) is 11.8 Å². The van der Waals surface area contributed by atoms with Crippen LogP contribution in [0.5, 0.6) is 0 Å². The van der Waals surface area contributed by atoms with Crippen molar-refractivity contribution in [2.75, 3.05) is 12.8 Å². The quantitative estimate of drug-likeness (QED) is 0.615. The second-order valence-corrected chi connectivity index (χ2v) is 11.8. The lowest BCUT2D eigenvalue weighted by Crippen LogP contribution is -2.69. The van der Waals surface area contributed by atoms with E-state index in [4.69, 9.17) is 0 Å². The zero-order valence-corrected chi connectivity index (χ0v) is 18.5. The molecule has 1 saturated heterocycles. The topological polar surface area (TPSA) is 74.8 Å². The highest BCUT2D eigenvalue weighted by molar-refractivity contribution is 7.91. The highest BCUT2D eigenvalue weighted by Gasteiger charge is 2.51. The van der Waals surface area contributed by atoms with Crippen molar-refractivity contribution in [3.8, 4) is 0 Å². The number of piperazine rings is 1. The van der Waals surface area contributed by atoms with E-state index in [1.165, 1.54) is 11.2 Å². The first-order chi connectivity index (χ1) is 13.8. The van der Waals surface area contributed by atoms with Crippen LogP contribution in [0.15, 0.2) is 0 Å². The van der Waals surface area contributed by atoms with Gasteiger partial charge in [-0.25, -0.2) is 8.42 Å². The molecule has 1 heterocycles. The van der Waals surface area contributed by atoms with Gasteiger partial charge in [0.05, 0.1) is 23.3 Å². The number of halogens is 3. The Morgan fingerprint density at radius 3 is 2.23 bits per heavy atom. The molecular weight excluding hydrogens is 421 g/mol. The zero-order valence-electron chi connectivity index (χ0n) is 17.7. The van der Waals surface area contributed by atoms with E-state index < -0.39 is 45.0 Å². The van der Waals surface area contributed by atoms with Crippen LogP contribution in [-0.2, 0) is 19.4 Å². The molecule has 6 nitrogen and oxygen atoms in total. The van der Waals surface area contributed by atoms with Gasteiger partial charge in [0.1, 0.15) is 9.84 Å². The molecule has 2 saturated carbocycles. The standard InChI is InChI=1S/C20H31F3N2O4S/c1-12(2)25-16-8-7-15(30(3,28)29)10-17(16)24(18(26)19(25)27)11-13-5-4-6-14(9-13)20(21,22)23/h12-17H,4-11H2,1-3H3. The number of hydrogen-bond acceptors (Lipinski definition) is 4. The van der Waals surface area contributed by atoms with Crippen LogP contribution in [0.1, 0.15) is 58.8 Å². The van der Waals surface area contributed by atoms with E-state index >= 15 is 0 Å². The Balaban J connectivity index is 1.86. The average molecular weight is 453 g/mol. The fraction of sp³-hybridized carbons (Fsp3) is 0.900. The Morgan fingerprint density at radius 2 is 1.67 bits per heavy atom. The molecule has 0 aromatic heterocycles. The van der Waals surface area contributed by atoms with Crippen LogP contribution in [0.4, 0.5) is 13.2 Å². The van der Waals surface area contributed by atoms with E-state index in [9.17, 15) is 31.2 Å². The van der Waals surface area contributed by atoms with Crippen LogP contribution >= 0.6 is 0 Å². The lowest BCUT2D eigenvalue weighted by atomic mass is 9.79. The Hall–Kier alpha value is -1.32. The van der Waals surface area contributed by atoms with Crippen LogP contribution in [0, 0.1) is 11.8 Å². The zero-order chi connectivity index (χ0) is 22.4. The summed E-state index contributed by atoms with van der Waals surface area (Å²) in [6.07, 6.45) is -0.935. The van der Waals surface area contributed by atoms with Crippen molar-refractivity contribution in [3.63, 3.8) is 0 Å². The molecule has 5 unspecified atom stereocenters. The summed E-state index contributed by atoms with van der Waals surface area (Å²) >= 11 is 0. The number of hydrogen-bond donors (Lipinski definition) is 0. The number of carbonyl (C=O) groups is 2. The van der Waals surface area contributed by atoms with Gasteiger partial charge in [0, 0.05) is 18.8 Å². The summed E-state index contributed by atoms with van der Waals surface area (Å²) in [6, 6.07) is -0.984. The molecule has 10 heteroatoms. The molecule has 0 N–H and O–H groups in total. The molecule has 0 spiro atoms. The summed E-state index contributed by atoms with van der Waals surface area (Å²) in [5.41, 5.74) is 0. The van der Waals surface area contributed by atoms with E-state index in [2.05, 4.69) is 0 Å². The van der Waals surface area contributed by atoms with Crippen molar-refractivity contribution in [1.82, 2.24) is 9.80 Å². The Morgan fingerprint density at radius 1 is 1.00 bits per heavy atom. The first kappa shape index (κ1) is 23.3. The maximum absolute atomic E-state index is 13.2. The minimum atomic E-state index is -4.26. The van der Waals surface area contributed by atoms with Crippen LogP contribution in [0.3, 0.4) is 0 Å². The first-order valence-corrected chi connectivity index (χ1v) is 12.6. The SMILES string of the molecule is CC(C)N1C(=O)C(=O)N(CC2CCCC(C(F)(F)F)C2)C2CC(S(C)(=O)=O)CCC21. The van der Waals surface area contributed by atoms with Crippen LogP contribution in [0.2, 0.25) is 0 Å². The summed E-state index contributed by atoms with van der Waals surface area (Å²) in [7, 11) is -3.32. The summed E-state index contributed by atoms with van der Waals surface area (Å²) in [5.74, 6) is -3.07. The van der Waals surface area contributed by atoms with Gasteiger partial charge in [-0.05, 0) is 58.3 Å². The third kappa shape index (κ3) is 4.62. The first-order valence-electron chi connectivity index (χ1n) is 10.7. The molecule has 30 heavy (non-hydrogen) atoms.